The van der Waals surface area contributed by atoms with Crippen molar-refractivity contribution in [2.45, 2.75) is 58.8 Å². The average Bonchev–Trinajstić information content (AvgIpc) is 2.88. The zero-order valence-electron chi connectivity index (χ0n) is 21.7. The maximum Gasteiger partial charge on any atom is 0.343 e. The highest BCUT2D eigenvalue weighted by atomic mass is 16.5. The van der Waals surface area contributed by atoms with Crippen molar-refractivity contribution in [3.8, 4) is 11.5 Å². The minimum Gasteiger partial charge on any atom is -0.494 e. The number of unbranched alkanes of at least 4 members (excludes halogenated alkanes) is 5. The van der Waals surface area contributed by atoms with Crippen molar-refractivity contribution in [1.29, 1.82) is 0 Å². The zero-order valence-corrected chi connectivity index (χ0v) is 21.7. The summed E-state index contributed by atoms with van der Waals surface area (Å²) in [6.07, 6.45) is 8.70. The lowest BCUT2D eigenvalue weighted by Crippen LogP contribution is -2.10. The van der Waals surface area contributed by atoms with Gasteiger partial charge in [0.15, 0.2) is 0 Å². The van der Waals surface area contributed by atoms with Crippen molar-refractivity contribution in [2.75, 3.05) is 13.2 Å². The van der Waals surface area contributed by atoms with Gasteiger partial charge in [-0.05, 0) is 61.4 Å². The molecule has 0 aliphatic heterocycles. The molecule has 0 aromatic heterocycles. The molecule has 0 heterocycles. The van der Waals surface area contributed by atoms with Crippen LogP contribution in [0.1, 0.15) is 74.7 Å². The Balaban J connectivity index is 1.85. The summed E-state index contributed by atoms with van der Waals surface area (Å²) in [5.74, 6) is -1.13. The molecule has 0 bridgehead atoms. The Bertz CT molecular complexity index is 1070. The molecular weight excluding hydrogens is 472 g/mol. The van der Waals surface area contributed by atoms with E-state index in [0.717, 1.165) is 12.8 Å². The fourth-order valence-corrected chi connectivity index (χ4v) is 3.38. The molecule has 1 N–H and O–H groups in total. The number of carbonyl (C=O) groups is 3. The largest absolute Gasteiger partial charge is 0.494 e. The van der Waals surface area contributed by atoms with Crippen molar-refractivity contribution < 1.29 is 33.7 Å². The number of carboxylic acids is 1. The van der Waals surface area contributed by atoms with Crippen LogP contribution in [-0.4, -0.2) is 36.2 Å². The lowest BCUT2D eigenvalue weighted by atomic mass is 10.1. The number of carboxylic acid groups (broad SMARTS) is 1. The van der Waals surface area contributed by atoms with Crippen molar-refractivity contribution in [3.05, 3.63) is 77.4 Å². The van der Waals surface area contributed by atoms with Crippen molar-refractivity contribution in [3.63, 3.8) is 0 Å². The van der Waals surface area contributed by atoms with Crippen LogP contribution in [0.15, 0.2) is 66.3 Å². The van der Waals surface area contributed by atoms with Crippen molar-refractivity contribution in [2.24, 2.45) is 0 Å². The number of carbonyl (C=O) groups excluding carboxylic acids is 2. The van der Waals surface area contributed by atoms with Crippen LogP contribution in [0.2, 0.25) is 0 Å². The molecule has 7 nitrogen and oxygen atoms in total. The highest BCUT2D eigenvalue weighted by Gasteiger charge is 2.11. The minimum atomic E-state index is -1.11. The van der Waals surface area contributed by atoms with Crippen LogP contribution in [0.25, 0.3) is 6.08 Å². The van der Waals surface area contributed by atoms with Crippen LogP contribution in [0.4, 0.5) is 0 Å². The molecule has 0 aliphatic rings. The summed E-state index contributed by atoms with van der Waals surface area (Å²) in [4.78, 5) is 35.5. The first-order valence-electron chi connectivity index (χ1n) is 12.6. The molecule has 2 aromatic carbocycles. The van der Waals surface area contributed by atoms with E-state index in [9.17, 15) is 19.5 Å². The normalized spacial score (nSPS) is 11.0. The first kappa shape index (κ1) is 29.4. The predicted molar refractivity (Wildman–Crippen MR) is 143 cm³/mol. The molecule has 0 atom stereocenters. The smallest absolute Gasteiger partial charge is 0.343 e. The Morgan fingerprint density at radius 2 is 1.49 bits per heavy atom. The van der Waals surface area contributed by atoms with Crippen LogP contribution in [0.5, 0.6) is 11.5 Å². The van der Waals surface area contributed by atoms with Gasteiger partial charge in [-0.25, -0.2) is 14.4 Å². The first-order valence-corrected chi connectivity index (χ1v) is 12.6. The van der Waals surface area contributed by atoms with E-state index in [0.29, 0.717) is 29.2 Å². The first-order chi connectivity index (χ1) is 17.8. The number of rotatable bonds is 16. The average molecular weight is 509 g/mol. The number of ether oxygens (including phenoxy) is 3. The molecule has 0 aliphatic carbocycles. The van der Waals surface area contributed by atoms with E-state index < -0.39 is 17.9 Å². The Morgan fingerprint density at radius 3 is 2.11 bits per heavy atom. The lowest BCUT2D eigenvalue weighted by molar-refractivity contribution is -0.139. The maximum absolute atomic E-state index is 12.5. The van der Waals surface area contributed by atoms with Gasteiger partial charge < -0.3 is 19.3 Å². The van der Waals surface area contributed by atoms with Crippen LogP contribution < -0.4 is 9.47 Å². The molecule has 2 aromatic rings. The van der Waals surface area contributed by atoms with Gasteiger partial charge in [-0.2, -0.15) is 0 Å². The van der Waals surface area contributed by atoms with Crippen LogP contribution in [-0.2, 0) is 14.3 Å². The van der Waals surface area contributed by atoms with Gasteiger partial charge in [-0.3, -0.25) is 0 Å². The Hall–Kier alpha value is -3.87. The second kappa shape index (κ2) is 16.0. The lowest BCUT2D eigenvalue weighted by Gasteiger charge is -2.08. The van der Waals surface area contributed by atoms with Gasteiger partial charge in [0.1, 0.15) is 11.5 Å². The summed E-state index contributed by atoms with van der Waals surface area (Å²) in [6.45, 7) is 7.79. The summed E-state index contributed by atoms with van der Waals surface area (Å²) in [6, 6.07) is 13.3. The topological polar surface area (TPSA) is 99.1 Å². The zero-order chi connectivity index (χ0) is 27.0. The molecule has 0 spiro atoms. The van der Waals surface area contributed by atoms with Gasteiger partial charge >= 0.3 is 17.9 Å². The van der Waals surface area contributed by atoms with Crippen molar-refractivity contribution in [1.82, 2.24) is 0 Å². The van der Waals surface area contributed by atoms with Crippen LogP contribution in [0, 0.1) is 0 Å². The number of esters is 2. The maximum atomic E-state index is 12.5. The predicted octanol–water partition coefficient (Wildman–Crippen LogP) is 6.62. The standard InChI is InChI=1S/C30H36O7/c1-4-5-6-7-8-9-19-35-26-16-12-24(13-17-26)30(34)37-27-14-10-23(11-15-27)21-25(28(31)32)18-20-36-29(33)22(2)3/h10-17,21H,2,4-9,18-20H2,1,3H3,(H,31,32). The van der Waals surface area contributed by atoms with E-state index in [-0.39, 0.29) is 24.2 Å². The summed E-state index contributed by atoms with van der Waals surface area (Å²) >= 11 is 0. The second-order valence-corrected chi connectivity index (χ2v) is 8.74. The van der Waals surface area contributed by atoms with E-state index >= 15 is 0 Å². The molecule has 0 amide bonds. The molecule has 0 radical (unpaired) electrons. The minimum absolute atomic E-state index is 0.0454. The third-order valence-electron chi connectivity index (χ3n) is 5.52. The molecule has 198 valence electrons. The quantitative estimate of drug-likeness (QED) is 0.118. The molecule has 2 rings (SSSR count). The van der Waals surface area contributed by atoms with Gasteiger partial charge in [-0.15, -0.1) is 0 Å². The Labute approximate surface area is 218 Å². The number of benzene rings is 2. The monoisotopic (exact) mass is 508 g/mol. The van der Waals surface area contributed by atoms with Gasteiger partial charge in [0.25, 0.3) is 0 Å². The van der Waals surface area contributed by atoms with E-state index in [1.807, 2.05) is 0 Å². The molecule has 37 heavy (non-hydrogen) atoms. The van der Waals surface area contributed by atoms with E-state index in [2.05, 4.69) is 13.5 Å². The molecule has 0 saturated carbocycles. The third-order valence-corrected chi connectivity index (χ3v) is 5.52. The number of hydrogen-bond donors (Lipinski definition) is 1. The Morgan fingerprint density at radius 1 is 0.865 bits per heavy atom. The van der Waals surface area contributed by atoms with Crippen LogP contribution in [0.3, 0.4) is 0 Å². The van der Waals surface area contributed by atoms with E-state index in [1.165, 1.54) is 38.7 Å². The molecule has 0 unspecified atom stereocenters. The van der Waals surface area contributed by atoms with Gasteiger partial charge in [-0.1, -0.05) is 57.7 Å². The highest BCUT2D eigenvalue weighted by Crippen LogP contribution is 2.19. The summed E-state index contributed by atoms with van der Waals surface area (Å²) in [5, 5.41) is 9.42. The Kier molecular flexibility index (Phi) is 12.7. The number of hydrogen-bond acceptors (Lipinski definition) is 6. The summed E-state index contributed by atoms with van der Waals surface area (Å²) in [7, 11) is 0. The van der Waals surface area contributed by atoms with E-state index in [4.69, 9.17) is 14.2 Å². The molecule has 7 heteroatoms. The summed E-state index contributed by atoms with van der Waals surface area (Å²) < 4.78 is 16.1. The molecular formula is C30H36O7. The fraction of sp³-hybridized carbons (Fsp3) is 0.367. The summed E-state index contributed by atoms with van der Waals surface area (Å²) in [5.41, 5.74) is 1.33. The van der Waals surface area contributed by atoms with E-state index in [1.54, 1.807) is 48.5 Å². The SMILES string of the molecule is C=C(C)C(=O)OCCC(=Cc1ccc(OC(=O)c2ccc(OCCCCCCCC)cc2)cc1)C(=O)O. The van der Waals surface area contributed by atoms with Gasteiger partial charge in [0.2, 0.25) is 0 Å². The number of aliphatic carboxylic acids is 1. The van der Waals surface area contributed by atoms with Gasteiger partial charge in [0.05, 0.1) is 18.8 Å². The second-order valence-electron chi connectivity index (χ2n) is 8.74. The third kappa shape index (κ3) is 11.2. The molecule has 0 fully saturated rings. The van der Waals surface area contributed by atoms with Gasteiger partial charge in [0, 0.05) is 17.6 Å². The highest BCUT2D eigenvalue weighted by molar-refractivity contribution is 5.93. The molecule has 0 saturated heterocycles. The fourth-order valence-electron chi connectivity index (χ4n) is 3.38. The van der Waals surface area contributed by atoms with Crippen LogP contribution >= 0.6 is 0 Å². The van der Waals surface area contributed by atoms with Crippen molar-refractivity contribution >= 4 is 24.0 Å².